The number of hydrogen-bond acceptors (Lipinski definition) is 3. The second kappa shape index (κ2) is 2.20. The van der Waals surface area contributed by atoms with Gasteiger partial charge in [-0.3, -0.25) is 4.79 Å². The maximum atomic E-state index is 11.1. The highest BCUT2D eigenvalue weighted by Gasteiger charge is 2.01. The maximum Gasteiger partial charge on any atom is 0.274 e. The summed E-state index contributed by atoms with van der Waals surface area (Å²) in [6.45, 7) is 0. The van der Waals surface area contributed by atoms with Gasteiger partial charge in [0.15, 0.2) is 5.69 Å². The fourth-order valence-corrected chi connectivity index (χ4v) is 0.990. The zero-order valence-electron chi connectivity index (χ0n) is 5.98. The smallest absolute Gasteiger partial charge is 0.274 e. The largest absolute Gasteiger partial charge is 0.326 e. The van der Waals surface area contributed by atoms with Crippen LogP contribution in [0.1, 0.15) is 5.69 Å². The summed E-state index contributed by atoms with van der Waals surface area (Å²) in [5.74, 6) is 0. The first-order valence-corrected chi connectivity index (χ1v) is 3.28. The van der Waals surface area contributed by atoms with Crippen molar-refractivity contribution in [2.45, 2.75) is 0 Å². The van der Waals surface area contributed by atoms with Crippen LogP contribution in [0.3, 0.4) is 0 Å². The van der Waals surface area contributed by atoms with Gasteiger partial charge in [0.25, 0.3) is 5.56 Å². The van der Waals surface area contributed by atoms with Gasteiger partial charge in [0.1, 0.15) is 11.6 Å². The summed E-state index contributed by atoms with van der Waals surface area (Å²) in [5.41, 5.74) is 0.382. The SMILES string of the molecule is N#Cc1cc2c(=O)[nH]ccn2n1. The van der Waals surface area contributed by atoms with E-state index in [9.17, 15) is 4.79 Å². The first kappa shape index (κ1) is 6.61. The van der Waals surface area contributed by atoms with E-state index in [1.807, 2.05) is 6.07 Å². The Labute approximate surface area is 66.9 Å². The van der Waals surface area contributed by atoms with Crippen molar-refractivity contribution in [3.05, 3.63) is 34.5 Å². The summed E-state index contributed by atoms with van der Waals surface area (Å²) in [6.07, 6.45) is 3.06. The number of nitrogens with one attached hydrogen (secondary N) is 1. The van der Waals surface area contributed by atoms with Crippen molar-refractivity contribution in [3.63, 3.8) is 0 Å². The molecule has 0 fully saturated rings. The van der Waals surface area contributed by atoms with Crippen molar-refractivity contribution >= 4 is 5.52 Å². The number of aromatic nitrogens is 3. The van der Waals surface area contributed by atoms with E-state index in [2.05, 4.69) is 10.1 Å². The minimum absolute atomic E-state index is 0.242. The van der Waals surface area contributed by atoms with E-state index < -0.39 is 0 Å². The molecule has 58 valence electrons. The third kappa shape index (κ3) is 0.787. The Morgan fingerprint density at radius 2 is 2.50 bits per heavy atom. The van der Waals surface area contributed by atoms with E-state index in [0.717, 1.165) is 0 Å². The molecule has 0 saturated heterocycles. The summed E-state index contributed by atoms with van der Waals surface area (Å²) in [6, 6.07) is 3.30. The molecule has 2 rings (SSSR count). The van der Waals surface area contributed by atoms with Crippen molar-refractivity contribution in [2.75, 3.05) is 0 Å². The minimum Gasteiger partial charge on any atom is -0.326 e. The molecule has 2 aromatic heterocycles. The van der Waals surface area contributed by atoms with E-state index in [1.54, 1.807) is 6.20 Å². The average molecular weight is 160 g/mol. The van der Waals surface area contributed by atoms with Crippen LogP contribution in [0.2, 0.25) is 0 Å². The number of fused-ring (bicyclic) bond motifs is 1. The maximum absolute atomic E-state index is 11.1. The number of nitriles is 1. The van der Waals surface area contributed by atoms with Crippen LogP contribution in [-0.2, 0) is 0 Å². The summed E-state index contributed by atoms with van der Waals surface area (Å²) in [4.78, 5) is 13.6. The highest BCUT2D eigenvalue weighted by molar-refractivity contribution is 5.47. The van der Waals surface area contributed by atoms with E-state index in [1.165, 1.54) is 16.8 Å². The number of H-pyrrole nitrogens is 1. The fraction of sp³-hybridized carbons (Fsp3) is 0. The lowest BCUT2D eigenvalue weighted by Crippen LogP contribution is -2.07. The zero-order chi connectivity index (χ0) is 8.55. The van der Waals surface area contributed by atoms with E-state index >= 15 is 0 Å². The lowest BCUT2D eigenvalue weighted by Gasteiger charge is -1.86. The predicted molar refractivity (Wildman–Crippen MR) is 40.5 cm³/mol. The quantitative estimate of drug-likeness (QED) is 0.584. The zero-order valence-corrected chi connectivity index (χ0v) is 5.98. The molecule has 0 aromatic carbocycles. The molecule has 0 radical (unpaired) electrons. The van der Waals surface area contributed by atoms with Crippen LogP contribution in [0.5, 0.6) is 0 Å². The van der Waals surface area contributed by atoms with Gasteiger partial charge in [0, 0.05) is 18.5 Å². The molecule has 0 saturated carbocycles. The second-order valence-electron chi connectivity index (χ2n) is 2.26. The van der Waals surface area contributed by atoms with Gasteiger partial charge >= 0.3 is 0 Å². The second-order valence-corrected chi connectivity index (χ2v) is 2.26. The van der Waals surface area contributed by atoms with Gasteiger partial charge in [0.2, 0.25) is 0 Å². The molecule has 5 heteroatoms. The molecule has 2 aromatic rings. The van der Waals surface area contributed by atoms with Crippen LogP contribution in [0.15, 0.2) is 23.3 Å². The van der Waals surface area contributed by atoms with E-state index in [0.29, 0.717) is 5.52 Å². The normalized spacial score (nSPS) is 9.92. The summed E-state index contributed by atoms with van der Waals surface area (Å²) >= 11 is 0. The van der Waals surface area contributed by atoms with Crippen LogP contribution in [-0.4, -0.2) is 14.6 Å². The lowest BCUT2D eigenvalue weighted by atomic mass is 10.4. The molecule has 1 N–H and O–H groups in total. The average Bonchev–Trinajstić information content (AvgIpc) is 2.49. The summed E-state index contributed by atoms with van der Waals surface area (Å²) in [7, 11) is 0. The summed E-state index contributed by atoms with van der Waals surface area (Å²) < 4.78 is 1.37. The molecule has 0 aliphatic carbocycles. The predicted octanol–water partition coefficient (Wildman–Crippen LogP) is -0.106. The van der Waals surface area contributed by atoms with Crippen LogP contribution in [0.25, 0.3) is 5.52 Å². The Kier molecular flexibility index (Phi) is 1.21. The molecule has 0 aliphatic heterocycles. The van der Waals surface area contributed by atoms with Crippen molar-refractivity contribution in [3.8, 4) is 6.07 Å². The van der Waals surface area contributed by atoms with Crippen LogP contribution in [0.4, 0.5) is 0 Å². The molecular weight excluding hydrogens is 156 g/mol. The van der Waals surface area contributed by atoms with Gasteiger partial charge in [-0.2, -0.15) is 10.4 Å². The van der Waals surface area contributed by atoms with Crippen molar-refractivity contribution in [2.24, 2.45) is 0 Å². The standard InChI is InChI=1S/C7H4N4O/c8-4-5-3-6-7(12)9-1-2-11(6)10-5/h1-3H,(H,9,12). The van der Waals surface area contributed by atoms with Crippen molar-refractivity contribution < 1.29 is 0 Å². The Hall–Kier alpha value is -2.09. The van der Waals surface area contributed by atoms with Crippen molar-refractivity contribution in [1.82, 2.24) is 14.6 Å². The molecule has 0 aliphatic rings. The first-order chi connectivity index (χ1) is 5.81. The van der Waals surface area contributed by atoms with E-state index in [-0.39, 0.29) is 11.3 Å². The van der Waals surface area contributed by atoms with Crippen LogP contribution in [0, 0.1) is 11.3 Å². The molecule has 0 bridgehead atoms. The van der Waals surface area contributed by atoms with Gasteiger partial charge < -0.3 is 4.98 Å². The van der Waals surface area contributed by atoms with Gasteiger partial charge in [-0.15, -0.1) is 0 Å². The van der Waals surface area contributed by atoms with Gasteiger partial charge in [-0.1, -0.05) is 0 Å². The van der Waals surface area contributed by atoms with Gasteiger partial charge in [-0.25, -0.2) is 4.52 Å². The Morgan fingerprint density at radius 1 is 1.67 bits per heavy atom. The van der Waals surface area contributed by atoms with Crippen molar-refractivity contribution in [1.29, 1.82) is 5.26 Å². The van der Waals surface area contributed by atoms with Gasteiger partial charge in [0.05, 0.1) is 0 Å². The lowest BCUT2D eigenvalue weighted by molar-refractivity contribution is 0.927. The molecule has 0 amide bonds. The molecule has 0 unspecified atom stereocenters. The van der Waals surface area contributed by atoms with Crippen LogP contribution >= 0.6 is 0 Å². The molecule has 5 nitrogen and oxygen atoms in total. The third-order valence-corrected chi connectivity index (χ3v) is 1.51. The number of rotatable bonds is 0. The number of nitrogens with zero attached hydrogens (tertiary/aromatic N) is 3. The fourth-order valence-electron chi connectivity index (χ4n) is 0.990. The molecular formula is C7H4N4O. The highest BCUT2D eigenvalue weighted by atomic mass is 16.1. The Balaban J connectivity index is 2.95. The first-order valence-electron chi connectivity index (χ1n) is 3.28. The summed E-state index contributed by atoms with van der Waals surface area (Å²) in [5, 5.41) is 12.3. The molecule has 2 heterocycles. The minimum atomic E-state index is -0.244. The van der Waals surface area contributed by atoms with Gasteiger partial charge in [-0.05, 0) is 0 Å². The van der Waals surface area contributed by atoms with Crippen LogP contribution < -0.4 is 5.56 Å². The van der Waals surface area contributed by atoms with E-state index in [4.69, 9.17) is 5.26 Å². The highest BCUT2D eigenvalue weighted by Crippen LogP contribution is 1.97. The number of aromatic amines is 1. The molecule has 12 heavy (non-hydrogen) atoms. The third-order valence-electron chi connectivity index (χ3n) is 1.51. The Morgan fingerprint density at radius 3 is 3.17 bits per heavy atom. The Bertz CT molecular complexity index is 516. The monoisotopic (exact) mass is 160 g/mol. The molecule has 0 spiro atoms. The molecule has 0 atom stereocenters. The topological polar surface area (TPSA) is 74.0 Å². The number of hydrogen-bond donors (Lipinski definition) is 1.